The fourth-order valence-electron chi connectivity index (χ4n) is 2.06. The minimum Gasteiger partial charge on any atom is -0.325 e. The molecule has 1 aromatic heterocycles. The Hall–Kier alpha value is -0.920. The van der Waals surface area contributed by atoms with Crippen LogP contribution in [-0.4, -0.2) is 36.0 Å². The van der Waals surface area contributed by atoms with Gasteiger partial charge in [0.1, 0.15) is 4.90 Å². The predicted octanol–water partition coefficient (Wildman–Crippen LogP) is 0.597. The summed E-state index contributed by atoms with van der Waals surface area (Å²) in [6.07, 6.45) is 2.25. The number of sulfonamides is 1. The van der Waals surface area contributed by atoms with Gasteiger partial charge in [-0.25, -0.2) is 8.42 Å². The third kappa shape index (κ3) is 2.43. The van der Waals surface area contributed by atoms with Crippen LogP contribution in [0.3, 0.4) is 0 Å². The van der Waals surface area contributed by atoms with Crippen molar-refractivity contribution in [2.75, 3.05) is 13.1 Å². The molecule has 0 amide bonds. The van der Waals surface area contributed by atoms with Crippen LogP contribution in [-0.2, 0) is 16.6 Å². The van der Waals surface area contributed by atoms with E-state index >= 15 is 0 Å². The van der Waals surface area contributed by atoms with Crippen molar-refractivity contribution in [3.05, 3.63) is 11.4 Å². The lowest BCUT2D eigenvalue weighted by atomic mass is 10.4. The van der Waals surface area contributed by atoms with E-state index in [4.69, 9.17) is 5.73 Å². The van der Waals surface area contributed by atoms with Gasteiger partial charge in [0.15, 0.2) is 0 Å². The lowest BCUT2D eigenvalue weighted by Gasteiger charge is -2.20. The maximum absolute atomic E-state index is 12.6. The first kappa shape index (κ1) is 13.5. The number of rotatable bonds is 6. The van der Waals surface area contributed by atoms with Crippen LogP contribution >= 0.6 is 0 Å². The highest BCUT2D eigenvalue weighted by Crippen LogP contribution is 2.32. The quantitative estimate of drug-likeness (QED) is 0.793. The van der Waals surface area contributed by atoms with E-state index in [0.717, 1.165) is 12.8 Å². The molecule has 1 aliphatic carbocycles. The summed E-state index contributed by atoms with van der Waals surface area (Å²) < 4.78 is 26.7. The molecule has 0 aromatic carbocycles. The summed E-state index contributed by atoms with van der Waals surface area (Å²) in [5.74, 6) is 0.522. The Kier molecular flexibility index (Phi) is 3.74. The van der Waals surface area contributed by atoms with Gasteiger partial charge >= 0.3 is 0 Å². The van der Waals surface area contributed by atoms with E-state index in [1.807, 2.05) is 6.92 Å². The maximum atomic E-state index is 12.6. The number of hydrogen-bond donors (Lipinski definition) is 2. The van der Waals surface area contributed by atoms with E-state index in [0.29, 0.717) is 30.4 Å². The monoisotopic (exact) mass is 272 g/mol. The normalized spacial score (nSPS) is 16.4. The number of nitrogens with one attached hydrogen (secondary N) is 1. The minimum absolute atomic E-state index is 0.125. The second-order valence-corrected chi connectivity index (χ2v) is 6.60. The summed E-state index contributed by atoms with van der Waals surface area (Å²) in [6.45, 7) is 4.78. The lowest BCUT2D eigenvalue weighted by Crippen LogP contribution is -2.33. The van der Waals surface area contributed by atoms with Crippen LogP contribution in [0.4, 0.5) is 0 Å². The fourth-order valence-corrected chi connectivity index (χ4v) is 3.93. The molecule has 0 unspecified atom stereocenters. The van der Waals surface area contributed by atoms with E-state index in [9.17, 15) is 8.42 Å². The molecule has 0 saturated heterocycles. The Labute approximate surface area is 108 Å². The second-order valence-electron chi connectivity index (χ2n) is 4.73. The number of aromatic amines is 1. The van der Waals surface area contributed by atoms with Crippen LogP contribution in [0.25, 0.3) is 0 Å². The van der Waals surface area contributed by atoms with E-state index in [-0.39, 0.29) is 11.4 Å². The molecule has 2 rings (SSSR count). The van der Waals surface area contributed by atoms with Crippen molar-refractivity contribution in [1.82, 2.24) is 14.5 Å². The molecular weight excluding hydrogens is 252 g/mol. The molecule has 7 heteroatoms. The standard InChI is InChI=1S/C11H20N4O2S/c1-3-15(7-9-4-5-9)18(16,17)11-8(2)13-14-10(11)6-12/h9H,3-7,12H2,1-2H3,(H,13,14). The Morgan fingerprint density at radius 2 is 2.17 bits per heavy atom. The van der Waals surface area contributed by atoms with Crippen LogP contribution in [0.5, 0.6) is 0 Å². The fraction of sp³-hybridized carbons (Fsp3) is 0.727. The SMILES string of the molecule is CCN(CC1CC1)S(=O)(=O)c1c(CN)n[nH]c1C. The molecule has 18 heavy (non-hydrogen) atoms. The van der Waals surface area contributed by atoms with Crippen molar-refractivity contribution in [2.45, 2.75) is 38.1 Å². The minimum atomic E-state index is -3.48. The van der Waals surface area contributed by atoms with Crippen molar-refractivity contribution < 1.29 is 8.42 Å². The highest BCUT2D eigenvalue weighted by molar-refractivity contribution is 7.89. The number of nitrogens with zero attached hydrogens (tertiary/aromatic N) is 2. The molecule has 1 fully saturated rings. The topological polar surface area (TPSA) is 92.1 Å². The molecule has 0 radical (unpaired) electrons. The van der Waals surface area contributed by atoms with Crippen molar-refractivity contribution in [2.24, 2.45) is 11.7 Å². The third-order valence-corrected chi connectivity index (χ3v) is 5.41. The third-order valence-electron chi connectivity index (χ3n) is 3.26. The van der Waals surface area contributed by atoms with E-state index < -0.39 is 10.0 Å². The van der Waals surface area contributed by atoms with Gasteiger partial charge < -0.3 is 5.73 Å². The molecule has 102 valence electrons. The van der Waals surface area contributed by atoms with Gasteiger partial charge in [0.25, 0.3) is 0 Å². The second kappa shape index (κ2) is 4.99. The van der Waals surface area contributed by atoms with E-state index in [2.05, 4.69) is 10.2 Å². The summed E-state index contributed by atoms with van der Waals surface area (Å²) in [6, 6.07) is 0. The lowest BCUT2D eigenvalue weighted by molar-refractivity contribution is 0.411. The number of hydrogen-bond acceptors (Lipinski definition) is 4. The average molecular weight is 272 g/mol. The summed E-state index contributed by atoms with van der Waals surface area (Å²) in [7, 11) is -3.48. The summed E-state index contributed by atoms with van der Waals surface area (Å²) >= 11 is 0. The molecule has 1 aromatic rings. The molecule has 3 N–H and O–H groups in total. The highest BCUT2D eigenvalue weighted by atomic mass is 32.2. The summed E-state index contributed by atoms with van der Waals surface area (Å²) in [4.78, 5) is 0.257. The van der Waals surface area contributed by atoms with Gasteiger partial charge in [0, 0.05) is 19.6 Å². The average Bonchev–Trinajstić information content (AvgIpc) is 3.07. The van der Waals surface area contributed by atoms with Gasteiger partial charge in [-0.2, -0.15) is 9.40 Å². The molecule has 0 spiro atoms. The number of aromatic nitrogens is 2. The van der Waals surface area contributed by atoms with Crippen molar-refractivity contribution in [3.8, 4) is 0 Å². The smallest absolute Gasteiger partial charge is 0.246 e. The first-order valence-electron chi connectivity index (χ1n) is 6.24. The predicted molar refractivity (Wildman–Crippen MR) is 68.4 cm³/mol. The molecule has 1 aliphatic rings. The van der Waals surface area contributed by atoms with Gasteiger partial charge in [-0.05, 0) is 25.7 Å². The molecule has 0 bridgehead atoms. The van der Waals surface area contributed by atoms with Crippen LogP contribution in [0.1, 0.15) is 31.2 Å². The van der Waals surface area contributed by atoms with Gasteiger partial charge in [-0.15, -0.1) is 0 Å². The van der Waals surface area contributed by atoms with Crippen LogP contribution in [0.15, 0.2) is 4.90 Å². The van der Waals surface area contributed by atoms with Crippen molar-refractivity contribution in [3.63, 3.8) is 0 Å². The number of aryl methyl sites for hydroxylation is 1. The van der Waals surface area contributed by atoms with Gasteiger partial charge in [-0.1, -0.05) is 6.92 Å². The Bertz CT molecular complexity index is 519. The Morgan fingerprint density at radius 3 is 2.67 bits per heavy atom. The molecule has 6 nitrogen and oxygen atoms in total. The molecular formula is C11H20N4O2S. The zero-order chi connectivity index (χ0) is 13.3. The van der Waals surface area contributed by atoms with Crippen molar-refractivity contribution in [1.29, 1.82) is 0 Å². The zero-order valence-corrected chi connectivity index (χ0v) is 11.6. The molecule has 0 aliphatic heterocycles. The van der Waals surface area contributed by atoms with Crippen LogP contribution in [0, 0.1) is 12.8 Å². The first-order chi connectivity index (χ1) is 8.50. The van der Waals surface area contributed by atoms with E-state index in [1.54, 1.807) is 6.92 Å². The van der Waals surface area contributed by atoms with Gasteiger partial charge in [0.05, 0.1) is 11.4 Å². The number of H-pyrrole nitrogens is 1. The largest absolute Gasteiger partial charge is 0.325 e. The van der Waals surface area contributed by atoms with Crippen molar-refractivity contribution >= 4 is 10.0 Å². The maximum Gasteiger partial charge on any atom is 0.246 e. The molecule has 1 heterocycles. The summed E-state index contributed by atoms with van der Waals surface area (Å²) in [5.41, 5.74) is 6.53. The number of nitrogens with two attached hydrogens (primary N) is 1. The van der Waals surface area contributed by atoms with Crippen LogP contribution < -0.4 is 5.73 Å². The van der Waals surface area contributed by atoms with E-state index in [1.165, 1.54) is 4.31 Å². The molecule has 0 atom stereocenters. The highest BCUT2D eigenvalue weighted by Gasteiger charge is 2.33. The Morgan fingerprint density at radius 1 is 1.50 bits per heavy atom. The zero-order valence-electron chi connectivity index (χ0n) is 10.8. The van der Waals surface area contributed by atoms with Gasteiger partial charge in [0.2, 0.25) is 10.0 Å². The Balaban J connectivity index is 2.35. The van der Waals surface area contributed by atoms with Gasteiger partial charge in [-0.3, -0.25) is 5.10 Å². The first-order valence-corrected chi connectivity index (χ1v) is 7.68. The van der Waals surface area contributed by atoms with Crippen LogP contribution in [0.2, 0.25) is 0 Å². The molecule has 1 saturated carbocycles. The summed E-state index contributed by atoms with van der Waals surface area (Å²) in [5, 5.41) is 6.66.